The van der Waals surface area contributed by atoms with Gasteiger partial charge >= 0.3 is 0 Å². The molecule has 13 heavy (non-hydrogen) atoms. The SMILES string of the molecule is CN1CCCC1C1(C(C)(C)C)CC1. The zero-order valence-corrected chi connectivity index (χ0v) is 9.56. The molecule has 0 aromatic heterocycles. The predicted octanol–water partition coefficient (Wildman–Crippen LogP) is 2.91. The number of likely N-dealkylation sites (tertiary alicyclic amines) is 1. The van der Waals surface area contributed by atoms with Gasteiger partial charge in [0.15, 0.2) is 0 Å². The van der Waals surface area contributed by atoms with Gasteiger partial charge in [-0.25, -0.2) is 0 Å². The fourth-order valence-electron chi connectivity index (χ4n) is 3.33. The summed E-state index contributed by atoms with van der Waals surface area (Å²) < 4.78 is 0. The van der Waals surface area contributed by atoms with Crippen molar-refractivity contribution < 1.29 is 0 Å². The molecule has 2 fully saturated rings. The van der Waals surface area contributed by atoms with Gasteiger partial charge < -0.3 is 4.90 Å². The summed E-state index contributed by atoms with van der Waals surface area (Å²) in [7, 11) is 2.31. The van der Waals surface area contributed by atoms with Gasteiger partial charge in [-0.05, 0) is 50.1 Å². The van der Waals surface area contributed by atoms with Crippen LogP contribution in [0.1, 0.15) is 46.5 Å². The highest BCUT2D eigenvalue weighted by atomic mass is 15.2. The third-order valence-corrected chi connectivity index (χ3v) is 4.44. The molecule has 1 nitrogen and oxygen atoms in total. The van der Waals surface area contributed by atoms with E-state index < -0.39 is 0 Å². The van der Waals surface area contributed by atoms with Gasteiger partial charge in [0.05, 0.1) is 0 Å². The Hall–Kier alpha value is -0.0400. The van der Waals surface area contributed by atoms with E-state index in [-0.39, 0.29) is 0 Å². The maximum absolute atomic E-state index is 2.60. The molecule has 1 heterocycles. The van der Waals surface area contributed by atoms with Gasteiger partial charge in [0.2, 0.25) is 0 Å². The quantitative estimate of drug-likeness (QED) is 0.601. The van der Waals surface area contributed by atoms with Crippen LogP contribution in [0.5, 0.6) is 0 Å². The standard InChI is InChI=1S/C12H23N/c1-11(2,3)12(7-8-12)10-6-5-9-13(10)4/h10H,5-9H2,1-4H3. The van der Waals surface area contributed by atoms with E-state index in [1.54, 1.807) is 0 Å². The van der Waals surface area contributed by atoms with Crippen LogP contribution in [0.25, 0.3) is 0 Å². The average Bonchev–Trinajstić information content (AvgIpc) is 2.70. The minimum Gasteiger partial charge on any atom is -0.303 e. The zero-order valence-electron chi connectivity index (χ0n) is 9.56. The molecule has 1 aliphatic carbocycles. The van der Waals surface area contributed by atoms with Crippen LogP contribution in [0.3, 0.4) is 0 Å². The molecule has 0 spiro atoms. The molecule has 1 aliphatic heterocycles. The summed E-state index contributed by atoms with van der Waals surface area (Å²) in [5.74, 6) is 0. The first kappa shape index (κ1) is 9.51. The van der Waals surface area contributed by atoms with Crippen molar-refractivity contribution in [2.45, 2.75) is 52.5 Å². The summed E-state index contributed by atoms with van der Waals surface area (Å²) in [6.45, 7) is 8.59. The van der Waals surface area contributed by atoms with Crippen molar-refractivity contribution in [1.29, 1.82) is 0 Å². The van der Waals surface area contributed by atoms with Crippen molar-refractivity contribution in [2.24, 2.45) is 10.8 Å². The molecule has 2 aliphatic rings. The molecule has 1 heteroatoms. The highest BCUT2D eigenvalue weighted by Gasteiger charge is 2.58. The molecule has 0 aromatic carbocycles. The minimum absolute atomic E-state index is 0.510. The van der Waals surface area contributed by atoms with Crippen LogP contribution in [0.4, 0.5) is 0 Å². The van der Waals surface area contributed by atoms with Crippen molar-refractivity contribution in [1.82, 2.24) is 4.90 Å². The molecule has 1 saturated heterocycles. The lowest BCUT2D eigenvalue weighted by Crippen LogP contribution is -2.41. The highest BCUT2D eigenvalue weighted by molar-refractivity contribution is 5.10. The normalized spacial score (nSPS) is 33.7. The predicted molar refractivity (Wildman–Crippen MR) is 56.8 cm³/mol. The van der Waals surface area contributed by atoms with E-state index in [0.717, 1.165) is 6.04 Å². The van der Waals surface area contributed by atoms with E-state index in [4.69, 9.17) is 0 Å². The molecular formula is C12H23N. The summed E-state index contributed by atoms with van der Waals surface area (Å²) in [6, 6.07) is 0.882. The van der Waals surface area contributed by atoms with Crippen LogP contribution in [0, 0.1) is 10.8 Å². The Labute approximate surface area is 82.5 Å². The second kappa shape index (κ2) is 2.73. The van der Waals surface area contributed by atoms with Crippen molar-refractivity contribution in [3.63, 3.8) is 0 Å². The van der Waals surface area contributed by atoms with Gasteiger partial charge in [-0.2, -0.15) is 0 Å². The summed E-state index contributed by atoms with van der Waals surface area (Å²) in [4.78, 5) is 2.60. The van der Waals surface area contributed by atoms with Gasteiger partial charge in [0, 0.05) is 6.04 Å². The molecule has 76 valence electrons. The van der Waals surface area contributed by atoms with Gasteiger partial charge in [0.25, 0.3) is 0 Å². The second-order valence-corrected chi connectivity index (χ2v) is 6.04. The van der Waals surface area contributed by atoms with Crippen molar-refractivity contribution in [3.05, 3.63) is 0 Å². The summed E-state index contributed by atoms with van der Waals surface area (Å²) in [6.07, 6.45) is 5.78. The molecule has 0 amide bonds. The van der Waals surface area contributed by atoms with Crippen molar-refractivity contribution >= 4 is 0 Å². The molecule has 1 saturated carbocycles. The Morgan fingerprint density at radius 3 is 2.15 bits per heavy atom. The number of hydrogen-bond donors (Lipinski definition) is 0. The van der Waals surface area contributed by atoms with Crippen LogP contribution in [0.15, 0.2) is 0 Å². The Morgan fingerprint density at radius 2 is 1.85 bits per heavy atom. The van der Waals surface area contributed by atoms with E-state index in [9.17, 15) is 0 Å². The highest BCUT2D eigenvalue weighted by Crippen LogP contribution is 2.63. The fourth-order valence-corrected chi connectivity index (χ4v) is 3.33. The monoisotopic (exact) mass is 181 g/mol. The lowest BCUT2D eigenvalue weighted by Gasteiger charge is -2.39. The molecule has 0 bridgehead atoms. The van der Waals surface area contributed by atoms with Gasteiger partial charge in [-0.1, -0.05) is 20.8 Å². The van der Waals surface area contributed by atoms with E-state index in [1.807, 2.05) is 0 Å². The summed E-state index contributed by atoms with van der Waals surface area (Å²) >= 11 is 0. The molecule has 1 unspecified atom stereocenters. The molecular weight excluding hydrogens is 158 g/mol. The van der Waals surface area contributed by atoms with Crippen LogP contribution in [-0.4, -0.2) is 24.5 Å². The van der Waals surface area contributed by atoms with Gasteiger partial charge in [0.1, 0.15) is 0 Å². The summed E-state index contributed by atoms with van der Waals surface area (Å²) in [5.41, 5.74) is 1.18. The lowest BCUT2D eigenvalue weighted by atomic mass is 9.72. The topological polar surface area (TPSA) is 3.24 Å². The maximum Gasteiger partial charge on any atom is 0.0154 e. The van der Waals surface area contributed by atoms with Crippen molar-refractivity contribution in [2.75, 3.05) is 13.6 Å². The van der Waals surface area contributed by atoms with E-state index >= 15 is 0 Å². The maximum atomic E-state index is 2.60. The van der Waals surface area contributed by atoms with E-state index in [0.29, 0.717) is 10.8 Å². The Balaban J connectivity index is 2.15. The van der Waals surface area contributed by atoms with E-state index in [2.05, 4.69) is 32.7 Å². The number of nitrogens with zero attached hydrogens (tertiary/aromatic N) is 1. The fraction of sp³-hybridized carbons (Fsp3) is 1.00. The molecule has 1 atom stereocenters. The summed E-state index contributed by atoms with van der Waals surface area (Å²) in [5, 5.41) is 0. The molecule has 0 N–H and O–H groups in total. The average molecular weight is 181 g/mol. The smallest absolute Gasteiger partial charge is 0.0154 e. The third kappa shape index (κ3) is 1.32. The van der Waals surface area contributed by atoms with Crippen LogP contribution in [-0.2, 0) is 0 Å². The number of rotatable bonds is 1. The lowest BCUT2D eigenvalue weighted by molar-refractivity contribution is 0.0988. The van der Waals surface area contributed by atoms with Gasteiger partial charge in [-0.3, -0.25) is 0 Å². The van der Waals surface area contributed by atoms with Gasteiger partial charge in [-0.15, -0.1) is 0 Å². The van der Waals surface area contributed by atoms with Crippen LogP contribution in [0.2, 0.25) is 0 Å². The Kier molecular flexibility index (Phi) is 1.99. The first-order chi connectivity index (χ1) is 5.97. The van der Waals surface area contributed by atoms with Crippen molar-refractivity contribution in [3.8, 4) is 0 Å². The first-order valence-corrected chi connectivity index (χ1v) is 5.68. The third-order valence-electron chi connectivity index (χ3n) is 4.44. The largest absolute Gasteiger partial charge is 0.303 e. The zero-order chi connectivity index (χ0) is 9.69. The van der Waals surface area contributed by atoms with E-state index in [1.165, 1.54) is 32.2 Å². The molecule has 2 rings (SSSR count). The molecule has 0 radical (unpaired) electrons. The first-order valence-electron chi connectivity index (χ1n) is 5.68. The molecule has 0 aromatic rings. The van der Waals surface area contributed by atoms with Crippen LogP contribution >= 0.6 is 0 Å². The Bertz CT molecular complexity index is 198. The number of hydrogen-bond acceptors (Lipinski definition) is 1. The van der Waals surface area contributed by atoms with Crippen LogP contribution < -0.4 is 0 Å². The second-order valence-electron chi connectivity index (χ2n) is 6.04. The Morgan fingerprint density at radius 1 is 1.23 bits per heavy atom. The minimum atomic E-state index is 0.510.